The van der Waals surface area contributed by atoms with Crippen molar-refractivity contribution in [1.29, 1.82) is 0 Å². The number of hydrogen-bond donors (Lipinski definition) is 1. The highest BCUT2D eigenvalue weighted by atomic mass is 32.2. The third kappa shape index (κ3) is 2.79. The first kappa shape index (κ1) is 17.4. The number of amides is 1. The Bertz CT molecular complexity index is 1030. The third-order valence-electron chi connectivity index (χ3n) is 4.80. The molecule has 2 heterocycles. The van der Waals surface area contributed by atoms with E-state index < -0.39 is 10.0 Å². The Morgan fingerprint density at radius 3 is 2.73 bits per heavy atom. The minimum Gasteiger partial charge on any atom is -0.310 e. The van der Waals surface area contributed by atoms with Gasteiger partial charge in [0.2, 0.25) is 5.91 Å². The van der Waals surface area contributed by atoms with Crippen LogP contribution in [0.15, 0.2) is 40.1 Å². The van der Waals surface area contributed by atoms with E-state index >= 15 is 0 Å². The zero-order valence-corrected chi connectivity index (χ0v) is 16.5. The standard InChI is InChI=1S/C19H20N2O3S2/c1-11-4-5-12(2)15(8-11)20-26(23,24)17-7-6-16-19-14(17)9-18(22)21(19)10-13(3)25-16/h4-8,13,20H,9-10H2,1-3H3/t13-/m0/s1. The van der Waals surface area contributed by atoms with Crippen molar-refractivity contribution >= 4 is 39.1 Å². The normalized spacial score (nSPS) is 18.8. The molecule has 1 N–H and O–H groups in total. The SMILES string of the molecule is Cc1ccc(C)c(NS(=O)(=O)c2ccc3c4c2CC(=O)N4C[C@H](C)S3)c1. The van der Waals surface area contributed by atoms with Crippen molar-refractivity contribution in [1.82, 2.24) is 0 Å². The lowest BCUT2D eigenvalue weighted by atomic mass is 10.1. The maximum atomic E-state index is 13.1. The molecular weight excluding hydrogens is 368 g/mol. The number of rotatable bonds is 3. The van der Waals surface area contributed by atoms with E-state index in [1.54, 1.807) is 22.7 Å². The van der Waals surface area contributed by atoms with Crippen molar-refractivity contribution in [2.24, 2.45) is 0 Å². The average molecular weight is 389 g/mol. The van der Waals surface area contributed by atoms with Gasteiger partial charge in [0.05, 0.1) is 22.7 Å². The summed E-state index contributed by atoms with van der Waals surface area (Å²) < 4.78 is 28.8. The highest BCUT2D eigenvalue weighted by molar-refractivity contribution is 8.00. The maximum Gasteiger partial charge on any atom is 0.262 e. The van der Waals surface area contributed by atoms with Crippen LogP contribution in [0.3, 0.4) is 0 Å². The molecule has 0 aromatic heterocycles. The predicted octanol–water partition coefficient (Wildman–Crippen LogP) is 3.49. The van der Waals surface area contributed by atoms with Gasteiger partial charge in [-0.05, 0) is 43.2 Å². The maximum absolute atomic E-state index is 13.1. The van der Waals surface area contributed by atoms with Gasteiger partial charge < -0.3 is 4.90 Å². The number of nitrogens with zero attached hydrogens (tertiary/aromatic N) is 1. The van der Waals surface area contributed by atoms with Crippen LogP contribution in [0.2, 0.25) is 0 Å². The van der Waals surface area contributed by atoms with Gasteiger partial charge in [-0.15, -0.1) is 11.8 Å². The van der Waals surface area contributed by atoms with E-state index in [4.69, 9.17) is 0 Å². The first-order chi connectivity index (χ1) is 12.3. The van der Waals surface area contributed by atoms with E-state index in [1.165, 1.54) is 0 Å². The molecule has 2 aromatic carbocycles. The number of benzene rings is 2. The van der Waals surface area contributed by atoms with Crippen molar-refractivity contribution in [2.75, 3.05) is 16.2 Å². The lowest BCUT2D eigenvalue weighted by Crippen LogP contribution is -2.35. The number of nitrogens with one attached hydrogen (secondary N) is 1. The summed E-state index contributed by atoms with van der Waals surface area (Å²) in [6.07, 6.45) is 0.138. The summed E-state index contributed by atoms with van der Waals surface area (Å²) in [6, 6.07) is 9.11. The van der Waals surface area contributed by atoms with Crippen LogP contribution in [0.5, 0.6) is 0 Å². The second-order valence-corrected chi connectivity index (χ2v) is 10.1. The molecular formula is C19H20N2O3S2. The van der Waals surface area contributed by atoms with Crippen LogP contribution in [0.1, 0.15) is 23.6 Å². The average Bonchev–Trinajstić information content (AvgIpc) is 2.88. The quantitative estimate of drug-likeness (QED) is 0.874. The van der Waals surface area contributed by atoms with Gasteiger partial charge in [-0.1, -0.05) is 19.1 Å². The summed E-state index contributed by atoms with van der Waals surface area (Å²) in [7, 11) is -3.78. The molecule has 136 valence electrons. The highest BCUT2D eigenvalue weighted by Crippen LogP contribution is 2.46. The van der Waals surface area contributed by atoms with E-state index in [0.29, 0.717) is 23.0 Å². The molecule has 0 saturated carbocycles. The van der Waals surface area contributed by atoms with Crippen LogP contribution in [0.4, 0.5) is 11.4 Å². The first-order valence-corrected chi connectivity index (χ1v) is 10.9. The Morgan fingerprint density at radius 2 is 1.96 bits per heavy atom. The number of aryl methyl sites for hydroxylation is 2. The Labute approximate surface area is 157 Å². The first-order valence-electron chi connectivity index (χ1n) is 8.49. The van der Waals surface area contributed by atoms with Crippen LogP contribution in [0, 0.1) is 13.8 Å². The Balaban J connectivity index is 1.80. The van der Waals surface area contributed by atoms with E-state index in [2.05, 4.69) is 11.6 Å². The van der Waals surface area contributed by atoms with Crippen LogP contribution in [0.25, 0.3) is 0 Å². The summed E-state index contributed by atoms with van der Waals surface area (Å²) >= 11 is 1.69. The Morgan fingerprint density at radius 1 is 1.19 bits per heavy atom. The highest BCUT2D eigenvalue weighted by Gasteiger charge is 2.38. The van der Waals surface area contributed by atoms with Gasteiger partial charge in [0.1, 0.15) is 0 Å². The van der Waals surface area contributed by atoms with Crippen molar-refractivity contribution in [3.8, 4) is 0 Å². The number of carbonyl (C=O) groups is 1. The minimum atomic E-state index is -3.78. The molecule has 0 fully saturated rings. The molecule has 1 atom stereocenters. The van der Waals surface area contributed by atoms with Crippen LogP contribution >= 0.6 is 11.8 Å². The Hall–Kier alpha value is -1.99. The van der Waals surface area contributed by atoms with E-state index in [-0.39, 0.29) is 17.2 Å². The minimum absolute atomic E-state index is 0.0252. The lowest BCUT2D eigenvalue weighted by molar-refractivity contribution is -0.117. The third-order valence-corrected chi connectivity index (χ3v) is 7.38. The van der Waals surface area contributed by atoms with Crippen molar-refractivity contribution in [3.05, 3.63) is 47.0 Å². The van der Waals surface area contributed by atoms with Crippen molar-refractivity contribution in [2.45, 2.75) is 42.2 Å². The molecule has 0 unspecified atom stereocenters. The second-order valence-electron chi connectivity index (χ2n) is 6.92. The van der Waals surface area contributed by atoms with Crippen molar-refractivity contribution in [3.63, 3.8) is 0 Å². The zero-order valence-electron chi connectivity index (χ0n) is 14.9. The fourth-order valence-corrected chi connectivity index (χ4v) is 6.04. The molecule has 1 amide bonds. The molecule has 4 rings (SSSR count). The molecule has 0 saturated heterocycles. The van der Waals surface area contributed by atoms with Gasteiger partial charge in [-0.2, -0.15) is 0 Å². The van der Waals surface area contributed by atoms with Crippen LogP contribution < -0.4 is 9.62 Å². The fraction of sp³-hybridized carbons (Fsp3) is 0.316. The van der Waals surface area contributed by atoms with Gasteiger partial charge in [-0.3, -0.25) is 9.52 Å². The molecule has 2 aromatic rings. The summed E-state index contributed by atoms with van der Waals surface area (Å²) in [5.41, 5.74) is 3.80. The van der Waals surface area contributed by atoms with E-state index in [1.807, 2.05) is 38.1 Å². The number of anilines is 2. The number of thioether (sulfide) groups is 1. The van der Waals surface area contributed by atoms with Gasteiger partial charge in [0, 0.05) is 22.3 Å². The molecule has 5 nitrogen and oxygen atoms in total. The summed E-state index contributed by atoms with van der Waals surface area (Å²) in [5, 5.41) is 0.299. The molecule has 2 aliphatic heterocycles. The lowest BCUT2D eigenvalue weighted by Gasteiger charge is -2.29. The smallest absolute Gasteiger partial charge is 0.262 e. The molecule has 26 heavy (non-hydrogen) atoms. The monoisotopic (exact) mass is 388 g/mol. The topological polar surface area (TPSA) is 66.5 Å². The summed E-state index contributed by atoms with van der Waals surface area (Å²) in [6.45, 7) is 6.49. The number of sulfonamides is 1. The zero-order chi connectivity index (χ0) is 18.6. The second kappa shape index (κ2) is 6.03. The van der Waals surface area contributed by atoms with Gasteiger partial charge in [0.25, 0.3) is 10.0 Å². The van der Waals surface area contributed by atoms with Crippen LogP contribution in [-0.2, 0) is 21.2 Å². The number of carbonyl (C=O) groups excluding carboxylic acids is 1. The van der Waals surface area contributed by atoms with E-state index in [0.717, 1.165) is 21.7 Å². The molecule has 0 bridgehead atoms. The van der Waals surface area contributed by atoms with Gasteiger partial charge in [0.15, 0.2) is 0 Å². The number of hydrogen-bond acceptors (Lipinski definition) is 4. The molecule has 2 aliphatic rings. The van der Waals surface area contributed by atoms with Crippen LogP contribution in [-0.4, -0.2) is 26.1 Å². The van der Waals surface area contributed by atoms with Gasteiger partial charge >= 0.3 is 0 Å². The predicted molar refractivity (Wildman–Crippen MR) is 105 cm³/mol. The largest absolute Gasteiger partial charge is 0.310 e. The molecule has 0 radical (unpaired) electrons. The van der Waals surface area contributed by atoms with Gasteiger partial charge in [-0.25, -0.2) is 8.42 Å². The summed E-state index contributed by atoms with van der Waals surface area (Å²) in [4.78, 5) is 15.3. The van der Waals surface area contributed by atoms with Crippen molar-refractivity contribution < 1.29 is 13.2 Å². The molecule has 0 aliphatic carbocycles. The molecule has 0 spiro atoms. The Kier molecular flexibility index (Phi) is 4.04. The van der Waals surface area contributed by atoms with E-state index in [9.17, 15) is 13.2 Å². The fourth-order valence-electron chi connectivity index (χ4n) is 3.53. The molecule has 7 heteroatoms. The summed E-state index contributed by atoms with van der Waals surface area (Å²) in [5.74, 6) is -0.0252.